The summed E-state index contributed by atoms with van der Waals surface area (Å²) < 4.78 is 49.9. The number of anilines is 1. The number of alkyl halides is 3. The SMILES string of the molecule is COc1cc2ncnc(C3CCc4ccc(C(F)(F)F)cc4N3)c2cc1OC. The number of ether oxygens (including phenoxy) is 2. The molecule has 1 N–H and O–H groups in total. The zero-order valence-corrected chi connectivity index (χ0v) is 15.3. The van der Waals surface area contributed by atoms with E-state index < -0.39 is 11.7 Å². The molecule has 0 bridgehead atoms. The number of aryl methyl sites for hydroxylation is 1. The van der Waals surface area contributed by atoms with Crippen LogP contribution in [-0.4, -0.2) is 24.2 Å². The van der Waals surface area contributed by atoms with Crippen molar-refractivity contribution in [3.05, 3.63) is 53.5 Å². The zero-order valence-electron chi connectivity index (χ0n) is 15.3. The molecule has 8 heteroatoms. The highest BCUT2D eigenvalue weighted by Crippen LogP contribution is 2.39. The van der Waals surface area contributed by atoms with Crippen LogP contribution < -0.4 is 14.8 Å². The van der Waals surface area contributed by atoms with Crippen molar-refractivity contribution >= 4 is 16.6 Å². The van der Waals surface area contributed by atoms with Crippen LogP contribution in [0.3, 0.4) is 0 Å². The molecule has 0 saturated heterocycles. The van der Waals surface area contributed by atoms with E-state index in [-0.39, 0.29) is 6.04 Å². The van der Waals surface area contributed by atoms with Crippen LogP contribution in [-0.2, 0) is 12.6 Å². The van der Waals surface area contributed by atoms with E-state index in [1.807, 2.05) is 0 Å². The highest BCUT2D eigenvalue weighted by atomic mass is 19.4. The lowest BCUT2D eigenvalue weighted by molar-refractivity contribution is -0.137. The highest BCUT2D eigenvalue weighted by molar-refractivity contribution is 5.85. The van der Waals surface area contributed by atoms with Gasteiger partial charge < -0.3 is 14.8 Å². The molecule has 2 aromatic carbocycles. The second-order valence-electron chi connectivity index (χ2n) is 6.59. The van der Waals surface area contributed by atoms with E-state index >= 15 is 0 Å². The maximum atomic E-state index is 13.1. The van der Waals surface area contributed by atoms with E-state index in [0.29, 0.717) is 41.2 Å². The Hall–Kier alpha value is -3.03. The lowest BCUT2D eigenvalue weighted by Gasteiger charge is -2.28. The summed E-state index contributed by atoms with van der Waals surface area (Å²) in [6, 6.07) is 7.14. The number of nitrogens with one attached hydrogen (secondary N) is 1. The van der Waals surface area contributed by atoms with Gasteiger partial charge in [0.2, 0.25) is 0 Å². The lowest BCUT2D eigenvalue weighted by atomic mass is 9.93. The molecule has 1 atom stereocenters. The van der Waals surface area contributed by atoms with Gasteiger partial charge in [-0.25, -0.2) is 9.97 Å². The van der Waals surface area contributed by atoms with Crippen LogP contribution in [0.1, 0.15) is 29.3 Å². The van der Waals surface area contributed by atoms with Gasteiger partial charge >= 0.3 is 6.18 Å². The number of hydrogen-bond donors (Lipinski definition) is 1. The van der Waals surface area contributed by atoms with Crippen molar-refractivity contribution < 1.29 is 22.6 Å². The summed E-state index contributed by atoms with van der Waals surface area (Å²) in [7, 11) is 3.09. The van der Waals surface area contributed by atoms with Crippen LogP contribution >= 0.6 is 0 Å². The van der Waals surface area contributed by atoms with Crippen molar-refractivity contribution in [1.82, 2.24) is 9.97 Å². The standard InChI is InChI=1S/C20H18F3N3O2/c1-27-17-8-13-16(9-18(17)28-2)24-10-25-19(13)14-6-4-11-3-5-12(20(21,22)23)7-15(11)26-14/h3,5,7-10,14,26H,4,6H2,1-2H3. The van der Waals surface area contributed by atoms with Gasteiger partial charge in [-0.05, 0) is 36.6 Å². The largest absolute Gasteiger partial charge is 0.493 e. The monoisotopic (exact) mass is 389 g/mol. The summed E-state index contributed by atoms with van der Waals surface area (Å²) in [6.45, 7) is 0. The fourth-order valence-electron chi connectivity index (χ4n) is 3.55. The minimum absolute atomic E-state index is 0.236. The molecule has 2 heterocycles. The molecule has 5 nitrogen and oxygen atoms in total. The number of rotatable bonds is 3. The van der Waals surface area contributed by atoms with Gasteiger partial charge in [-0.2, -0.15) is 13.2 Å². The minimum Gasteiger partial charge on any atom is -0.493 e. The van der Waals surface area contributed by atoms with E-state index in [4.69, 9.17) is 9.47 Å². The third-order valence-corrected chi connectivity index (χ3v) is 4.97. The Morgan fingerprint density at radius 3 is 2.50 bits per heavy atom. The predicted octanol–water partition coefficient (Wildman–Crippen LogP) is 4.77. The molecule has 1 aromatic heterocycles. The number of nitrogens with zero attached hydrogens (tertiary/aromatic N) is 2. The molecule has 3 aromatic rings. The van der Waals surface area contributed by atoms with E-state index in [1.54, 1.807) is 26.4 Å². The summed E-state index contributed by atoms with van der Waals surface area (Å²) in [5, 5.41) is 3.99. The van der Waals surface area contributed by atoms with E-state index in [1.165, 1.54) is 12.4 Å². The number of aromatic nitrogens is 2. The molecule has 0 fully saturated rings. The fraction of sp³-hybridized carbons (Fsp3) is 0.300. The van der Waals surface area contributed by atoms with Gasteiger partial charge in [-0.1, -0.05) is 6.07 Å². The smallest absolute Gasteiger partial charge is 0.416 e. The van der Waals surface area contributed by atoms with Crippen LogP contribution in [0.25, 0.3) is 10.9 Å². The van der Waals surface area contributed by atoms with Crippen molar-refractivity contribution in [3.8, 4) is 11.5 Å². The van der Waals surface area contributed by atoms with E-state index in [0.717, 1.165) is 23.1 Å². The molecule has 0 saturated carbocycles. The number of benzene rings is 2. The molecule has 1 aliphatic heterocycles. The Balaban J connectivity index is 1.75. The van der Waals surface area contributed by atoms with Gasteiger partial charge in [0.05, 0.1) is 37.0 Å². The van der Waals surface area contributed by atoms with Crippen molar-refractivity contribution in [1.29, 1.82) is 0 Å². The Morgan fingerprint density at radius 1 is 1.04 bits per heavy atom. The van der Waals surface area contributed by atoms with Gasteiger partial charge in [0.25, 0.3) is 0 Å². The lowest BCUT2D eigenvalue weighted by Crippen LogP contribution is -2.20. The van der Waals surface area contributed by atoms with E-state index in [9.17, 15) is 13.2 Å². The van der Waals surface area contributed by atoms with Crippen molar-refractivity contribution in [2.24, 2.45) is 0 Å². The average molecular weight is 389 g/mol. The van der Waals surface area contributed by atoms with Gasteiger partial charge in [-0.15, -0.1) is 0 Å². The molecule has 0 radical (unpaired) electrons. The van der Waals surface area contributed by atoms with Crippen molar-refractivity contribution in [2.45, 2.75) is 25.1 Å². The zero-order chi connectivity index (χ0) is 19.9. The van der Waals surface area contributed by atoms with Gasteiger partial charge in [0.1, 0.15) is 6.33 Å². The number of fused-ring (bicyclic) bond motifs is 2. The van der Waals surface area contributed by atoms with Crippen molar-refractivity contribution in [3.63, 3.8) is 0 Å². The quantitative estimate of drug-likeness (QED) is 0.700. The van der Waals surface area contributed by atoms with Crippen LogP contribution in [0, 0.1) is 0 Å². The second-order valence-corrected chi connectivity index (χ2v) is 6.59. The number of hydrogen-bond acceptors (Lipinski definition) is 5. The Morgan fingerprint density at radius 2 is 1.79 bits per heavy atom. The Kier molecular flexibility index (Phi) is 4.49. The van der Waals surface area contributed by atoms with Gasteiger partial charge in [0.15, 0.2) is 11.5 Å². The molecule has 4 rings (SSSR count). The Labute approximate surface area is 159 Å². The maximum Gasteiger partial charge on any atom is 0.416 e. The number of methoxy groups -OCH3 is 2. The number of halogens is 3. The first kappa shape index (κ1) is 18.3. The summed E-state index contributed by atoms with van der Waals surface area (Å²) in [5.74, 6) is 1.10. The Bertz CT molecular complexity index is 1040. The first-order chi connectivity index (χ1) is 13.4. The topological polar surface area (TPSA) is 56.3 Å². The molecule has 0 aliphatic carbocycles. The maximum absolute atomic E-state index is 13.1. The molecule has 0 spiro atoms. The van der Waals surface area contributed by atoms with Crippen LogP contribution in [0.15, 0.2) is 36.7 Å². The summed E-state index contributed by atoms with van der Waals surface area (Å²) in [5.41, 5.74) is 2.08. The first-order valence-electron chi connectivity index (χ1n) is 8.74. The minimum atomic E-state index is -4.38. The molecular formula is C20H18F3N3O2. The third-order valence-electron chi connectivity index (χ3n) is 4.97. The summed E-state index contributed by atoms with van der Waals surface area (Å²) in [4.78, 5) is 8.70. The average Bonchev–Trinajstić information content (AvgIpc) is 2.70. The van der Waals surface area contributed by atoms with Crippen LogP contribution in [0.2, 0.25) is 0 Å². The van der Waals surface area contributed by atoms with Crippen molar-refractivity contribution in [2.75, 3.05) is 19.5 Å². The van der Waals surface area contributed by atoms with Crippen LogP contribution in [0.5, 0.6) is 11.5 Å². The summed E-state index contributed by atoms with van der Waals surface area (Å²) >= 11 is 0. The molecule has 1 aliphatic rings. The highest BCUT2D eigenvalue weighted by Gasteiger charge is 2.32. The molecule has 146 valence electrons. The first-order valence-corrected chi connectivity index (χ1v) is 8.74. The second kappa shape index (κ2) is 6.85. The third kappa shape index (κ3) is 3.19. The predicted molar refractivity (Wildman–Crippen MR) is 98.8 cm³/mol. The van der Waals surface area contributed by atoms with E-state index in [2.05, 4.69) is 15.3 Å². The normalized spacial score (nSPS) is 16.4. The molecule has 1 unspecified atom stereocenters. The molecule has 0 amide bonds. The van der Waals surface area contributed by atoms with Gasteiger partial charge in [0, 0.05) is 17.1 Å². The molecular weight excluding hydrogens is 371 g/mol. The molecule has 28 heavy (non-hydrogen) atoms. The van der Waals surface area contributed by atoms with Crippen LogP contribution in [0.4, 0.5) is 18.9 Å². The fourth-order valence-corrected chi connectivity index (χ4v) is 3.55. The van der Waals surface area contributed by atoms with Gasteiger partial charge in [-0.3, -0.25) is 0 Å². The summed E-state index contributed by atoms with van der Waals surface area (Å²) in [6.07, 6.45) is -1.56.